The number of hydrogen-bond donors (Lipinski definition) is 1. The van der Waals surface area contributed by atoms with Gasteiger partial charge in [-0.2, -0.15) is 0 Å². The van der Waals surface area contributed by atoms with Gasteiger partial charge in [0.1, 0.15) is 0 Å². The van der Waals surface area contributed by atoms with E-state index < -0.39 is 11.4 Å². The van der Waals surface area contributed by atoms with Crippen LogP contribution in [0.25, 0.3) is 0 Å². The van der Waals surface area contributed by atoms with Gasteiger partial charge in [0.15, 0.2) is 0 Å². The Hall–Kier alpha value is 0.830. The summed E-state index contributed by atoms with van der Waals surface area (Å²) in [6.07, 6.45) is 0. The molecule has 0 aromatic heterocycles. The van der Waals surface area contributed by atoms with Crippen molar-refractivity contribution in [2.75, 3.05) is 0 Å². The van der Waals surface area contributed by atoms with E-state index in [0.717, 1.165) is 0 Å². The Labute approximate surface area is 87.1 Å². The van der Waals surface area contributed by atoms with Crippen LogP contribution in [-0.2, 0) is 11.4 Å². The fraction of sp³-hybridized carbons (Fsp3) is 0. The first kappa shape index (κ1) is 94.6. The molecule has 0 rings (SSSR count). The molecule has 0 radical (unpaired) electrons. The van der Waals surface area contributed by atoms with E-state index in [1.165, 1.54) is 0 Å². The first-order valence-electron chi connectivity index (χ1n) is 0.516. The Kier molecular flexibility index (Phi) is 613. The van der Waals surface area contributed by atoms with Gasteiger partial charge in [-0.05, 0) is 0 Å². The molecule has 0 bridgehead atoms. The summed E-state index contributed by atoms with van der Waals surface area (Å²) in [6.45, 7) is 0. The predicted octanol–water partition coefficient (Wildman–Crippen LogP) is -8.61. The molecule has 1 atom stereocenters. The van der Waals surface area contributed by atoms with Crippen LogP contribution in [0.3, 0.4) is 0 Å². The SMILES string of the molecule is O.O.O.O.O.O.O=S([O-])O.[Na+]. The van der Waals surface area contributed by atoms with E-state index in [4.69, 9.17) is 13.3 Å². The molecule has 9 nitrogen and oxygen atoms in total. The summed E-state index contributed by atoms with van der Waals surface area (Å²) < 4.78 is 24.1. The van der Waals surface area contributed by atoms with E-state index in [1.54, 1.807) is 0 Å². The van der Waals surface area contributed by atoms with Crippen molar-refractivity contribution in [2.45, 2.75) is 0 Å². The van der Waals surface area contributed by atoms with E-state index >= 15 is 0 Å². The van der Waals surface area contributed by atoms with Crippen LogP contribution in [0, 0.1) is 0 Å². The molecule has 1 unspecified atom stereocenters. The van der Waals surface area contributed by atoms with Gasteiger partial charge >= 0.3 is 29.6 Å². The van der Waals surface area contributed by atoms with E-state index in [1.807, 2.05) is 0 Å². The van der Waals surface area contributed by atoms with Gasteiger partial charge in [-0.15, -0.1) is 0 Å². The molecular formula is H13NaO9S. The molecule has 0 fully saturated rings. The summed E-state index contributed by atoms with van der Waals surface area (Å²) in [6, 6.07) is 0. The Balaban J connectivity index is -0.00000000214. The fourth-order valence-electron chi connectivity index (χ4n) is 0. The average molecular weight is 212 g/mol. The number of rotatable bonds is 0. The van der Waals surface area contributed by atoms with Crippen molar-refractivity contribution in [3.63, 3.8) is 0 Å². The third-order valence-corrected chi connectivity index (χ3v) is 0. The Morgan fingerprint density at radius 3 is 0.909 bits per heavy atom. The van der Waals surface area contributed by atoms with Crippen molar-refractivity contribution in [3.8, 4) is 0 Å². The van der Waals surface area contributed by atoms with E-state index in [-0.39, 0.29) is 62.4 Å². The van der Waals surface area contributed by atoms with Gasteiger partial charge < -0.3 is 42.0 Å². The molecule has 0 aliphatic rings. The first-order valence-corrected chi connectivity index (χ1v) is 1.55. The second-order valence-corrected chi connectivity index (χ2v) is 0.651. The summed E-state index contributed by atoms with van der Waals surface area (Å²) in [4.78, 5) is 0. The summed E-state index contributed by atoms with van der Waals surface area (Å²) >= 11 is -2.86. The van der Waals surface area contributed by atoms with Crippen molar-refractivity contribution < 1.29 is 75.7 Å². The monoisotopic (exact) mass is 212 g/mol. The largest absolute Gasteiger partial charge is 1.00 e. The summed E-state index contributed by atoms with van der Waals surface area (Å²) in [5, 5.41) is 0. The van der Waals surface area contributed by atoms with Gasteiger partial charge in [0, 0.05) is 0 Å². The van der Waals surface area contributed by atoms with Crippen molar-refractivity contribution >= 4 is 11.4 Å². The third kappa shape index (κ3) is 1230. The first-order chi connectivity index (χ1) is 1.73. The van der Waals surface area contributed by atoms with Gasteiger partial charge in [0.05, 0.1) is 11.4 Å². The Morgan fingerprint density at radius 1 is 0.909 bits per heavy atom. The maximum atomic E-state index is 8.56. The van der Waals surface area contributed by atoms with Crippen molar-refractivity contribution in [1.29, 1.82) is 0 Å². The molecule has 13 N–H and O–H groups in total. The van der Waals surface area contributed by atoms with Crippen LogP contribution in [0.15, 0.2) is 0 Å². The zero-order chi connectivity index (χ0) is 3.58. The van der Waals surface area contributed by atoms with Crippen LogP contribution in [-0.4, -0.2) is 46.2 Å². The smallest absolute Gasteiger partial charge is 0.750 e. The van der Waals surface area contributed by atoms with Crippen molar-refractivity contribution in [2.24, 2.45) is 0 Å². The normalized spacial score (nSPS) is 5.64. The van der Waals surface area contributed by atoms with Crippen LogP contribution in [0.4, 0.5) is 0 Å². The molecule has 0 aliphatic carbocycles. The molecule has 0 saturated heterocycles. The van der Waals surface area contributed by atoms with Gasteiger partial charge in [0.2, 0.25) is 0 Å². The minimum atomic E-state index is -2.86. The van der Waals surface area contributed by atoms with Crippen molar-refractivity contribution in [1.82, 2.24) is 0 Å². The minimum absolute atomic E-state index is 0. The zero-order valence-electron chi connectivity index (χ0n) is 5.67. The zero-order valence-corrected chi connectivity index (χ0v) is 8.49. The molecule has 74 valence electrons. The summed E-state index contributed by atoms with van der Waals surface area (Å²) in [7, 11) is 0. The van der Waals surface area contributed by atoms with E-state index in [2.05, 4.69) is 0 Å². The van der Waals surface area contributed by atoms with Crippen molar-refractivity contribution in [3.05, 3.63) is 0 Å². The quantitative estimate of drug-likeness (QED) is 0.303. The maximum Gasteiger partial charge on any atom is 1.00 e. The molecule has 0 spiro atoms. The average Bonchev–Trinajstić information content (AvgIpc) is 0.811. The maximum absolute atomic E-state index is 8.56. The van der Waals surface area contributed by atoms with E-state index in [9.17, 15) is 0 Å². The van der Waals surface area contributed by atoms with Crippen LogP contribution in [0.1, 0.15) is 0 Å². The standard InChI is InChI=1S/Na.H2O3S.6H2O/c;1-4(2)3;;;;;;/h;(H2,1,2,3);6*1H2/q+1;;;;;;;/p-1. The fourth-order valence-corrected chi connectivity index (χ4v) is 0. The topological polar surface area (TPSA) is 249 Å². The van der Waals surface area contributed by atoms with Gasteiger partial charge in [-0.3, -0.25) is 0 Å². The molecule has 11 heavy (non-hydrogen) atoms. The predicted molar refractivity (Wildman–Crippen MR) is 33.2 cm³/mol. The Bertz CT molecular complexity index is 32.5. The van der Waals surface area contributed by atoms with Gasteiger partial charge in [0.25, 0.3) is 0 Å². The summed E-state index contributed by atoms with van der Waals surface area (Å²) in [5.74, 6) is 0. The molecule has 11 heteroatoms. The van der Waals surface area contributed by atoms with Crippen LogP contribution < -0.4 is 29.6 Å². The van der Waals surface area contributed by atoms with Crippen LogP contribution >= 0.6 is 0 Å². The summed E-state index contributed by atoms with van der Waals surface area (Å²) in [5.41, 5.74) is 0. The Morgan fingerprint density at radius 2 is 0.909 bits per heavy atom. The van der Waals surface area contributed by atoms with Crippen LogP contribution in [0.2, 0.25) is 0 Å². The third-order valence-electron chi connectivity index (χ3n) is 0. The van der Waals surface area contributed by atoms with E-state index in [0.29, 0.717) is 0 Å². The molecule has 0 amide bonds. The molecule has 0 heterocycles. The minimum Gasteiger partial charge on any atom is -0.750 e. The second-order valence-electron chi connectivity index (χ2n) is 0.217. The second kappa shape index (κ2) is 71.3. The molecule has 0 aliphatic heterocycles. The van der Waals surface area contributed by atoms with Crippen LogP contribution in [0.5, 0.6) is 0 Å². The molecule has 0 saturated carbocycles. The molecule has 0 aromatic carbocycles. The number of hydrogen-bond acceptors (Lipinski definition) is 2. The molecule has 0 aromatic rings. The molecular weight excluding hydrogens is 199 g/mol. The van der Waals surface area contributed by atoms with Gasteiger partial charge in [-0.1, -0.05) is 0 Å². The van der Waals surface area contributed by atoms with Gasteiger partial charge in [-0.25, -0.2) is 4.21 Å².